The van der Waals surface area contributed by atoms with Gasteiger partial charge in [0.1, 0.15) is 0 Å². The van der Waals surface area contributed by atoms with Crippen molar-refractivity contribution in [3.8, 4) is 0 Å². The molecule has 3 heterocycles. The quantitative estimate of drug-likeness (QED) is 0.629. The van der Waals surface area contributed by atoms with Crippen molar-refractivity contribution >= 4 is 0 Å². The van der Waals surface area contributed by atoms with Gasteiger partial charge in [-0.05, 0) is 13.8 Å². The zero-order valence-corrected chi connectivity index (χ0v) is 8.88. The first-order valence-electron chi connectivity index (χ1n) is 5.34. The molecule has 0 aromatic heterocycles. The van der Waals surface area contributed by atoms with Crippen LogP contribution in [0.25, 0.3) is 0 Å². The molecule has 0 amide bonds. The lowest BCUT2D eigenvalue weighted by Crippen LogP contribution is -2.45. The van der Waals surface area contributed by atoms with Gasteiger partial charge in [-0.3, -0.25) is 0 Å². The minimum atomic E-state index is -0.787. The third-order valence-electron chi connectivity index (χ3n) is 3.26. The lowest BCUT2D eigenvalue weighted by atomic mass is 9.91. The number of rotatable bonds is 1. The fraction of sp³-hybridized carbons (Fsp3) is 1.00. The molecule has 0 aromatic carbocycles. The van der Waals surface area contributed by atoms with E-state index < -0.39 is 12.1 Å². The maximum atomic E-state index is 9.76. The summed E-state index contributed by atoms with van der Waals surface area (Å²) in [5.74, 6) is -0.549. The van der Waals surface area contributed by atoms with E-state index in [1.54, 1.807) is 0 Å². The number of fused-ring (bicyclic) bond motifs is 1. The molecule has 0 spiro atoms. The average Bonchev–Trinajstić information content (AvgIpc) is 2.88. The molecule has 3 fully saturated rings. The van der Waals surface area contributed by atoms with Gasteiger partial charge >= 0.3 is 0 Å². The maximum Gasteiger partial charge on any atom is 0.169 e. The van der Waals surface area contributed by atoms with Crippen molar-refractivity contribution in [3.05, 3.63) is 0 Å². The summed E-state index contributed by atoms with van der Waals surface area (Å²) in [6.07, 6.45) is -1.04. The first-order chi connectivity index (χ1) is 7.07. The first kappa shape index (κ1) is 9.99. The van der Waals surface area contributed by atoms with E-state index in [1.807, 2.05) is 13.8 Å². The third kappa shape index (κ3) is 1.68. The Labute approximate surface area is 88.3 Å². The second-order valence-electron chi connectivity index (χ2n) is 4.84. The minimum Gasteiger partial charge on any atom is -0.373 e. The van der Waals surface area contributed by atoms with Crippen LogP contribution in [0.3, 0.4) is 0 Å². The Kier molecular flexibility index (Phi) is 2.10. The molecule has 0 aromatic rings. The second kappa shape index (κ2) is 3.15. The summed E-state index contributed by atoms with van der Waals surface area (Å²) in [7, 11) is 0. The molecular formula is C10H16O5. The molecule has 0 bridgehead atoms. The highest BCUT2D eigenvalue weighted by Gasteiger charge is 2.55. The average molecular weight is 216 g/mol. The summed E-state index contributed by atoms with van der Waals surface area (Å²) >= 11 is 0. The van der Waals surface area contributed by atoms with Crippen LogP contribution in [0.1, 0.15) is 13.8 Å². The van der Waals surface area contributed by atoms with E-state index in [0.29, 0.717) is 13.2 Å². The predicted molar refractivity (Wildman–Crippen MR) is 48.7 cm³/mol. The lowest BCUT2D eigenvalue weighted by Gasteiger charge is -2.37. The molecule has 3 aliphatic heterocycles. The third-order valence-corrected chi connectivity index (χ3v) is 3.26. The van der Waals surface area contributed by atoms with Gasteiger partial charge in [-0.1, -0.05) is 0 Å². The van der Waals surface area contributed by atoms with Crippen molar-refractivity contribution in [2.24, 2.45) is 11.8 Å². The number of aliphatic hydroxyl groups is 1. The first-order valence-corrected chi connectivity index (χ1v) is 5.34. The monoisotopic (exact) mass is 216 g/mol. The predicted octanol–water partition coefficient (Wildman–Crippen LogP) is 0.0752. The van der Waals surface area contributed by atoms with Crippen LogP contribution < -0.4 is 0 Å². The van der Waals surface area contributed by atoms with Gasteiger partial charge in [-0.2, -0.15) is 0 Å². The molecule has 15 heavy (non-hydrogen) atoms. The van der Waals surface area contributed by atoms with Gasteiger partial charge < -0.3 is 24.1 Å². The highest BCUT2D eigenvalue weighted by atomic mass is 16.8. The largest absolute Gasteiger partial charge is 0.373 e. The van der Waals surface area contributed by atoms with Crippen molar-refractivity contribution in [2.75, 3.05) is 13.2 Å². The Hall–Kier alpha value is -0.200. The molecule has 3 aliphatic rings. The summed E-state index contributed by atoms with van der Waals surface area (Å²) < 4.78 is 21.8. The molecule has 3 rings (SSSR count). The fourth-order valence-electron chi connectivity index (χ4n) is 2.37. The van der Waals surface area contributed by atoms with Gasteiger partial charge in [0.05, 0.1) is 19.3 Å². The Morgan fingerprint density at radius 2 is 2.00 bits per heavy atom. The fourth-order valence-corrected chi connectivity index (χ4v) is 2.37. The van der Waals surface area contributed by atoms with Crippen LogP contribution in [0.4, 0.5) is 0 Å². The van der Waals surface area contributed by atoms with Crippen molar-refractivity contribution < 1.29 is 24.1 Å². The molecule has 0 saturated carbocycles. The molecule has 5 atom stereocenters. The molecular weight excluding hydrogens is 200 g/mol. The highest BCUT2D eigenvalue weighted by molar-refractivity contribution is 4.93. The maximum absolute atomic E-state index is 9.76. The van der Waals surface area contributed by atoms with Crippen LogP contribution in [-0.4, -0.2) is 42.8 Å². The van der Waals surface area contributed by atoms with Gasteiger partial charge in [0, 0.05) is 11.8 Å². The zero-order valence-electron chi connectivity index (χ0n) is 8.88. The van der Waals surface area contributed by atoms with Crippen LogP contribution in [0.5, 0.6) is 0 Å². The molecule has 5 nitrogen and oxygen atoms in total. The summed E-state index contributed by atoms with van der Waals surface area (Å²) in [6.45, 7) is 4.96. The van der Waals surface area contributed by atoms with Crippen LogP contribution in [0, 0.1) is 11.8 Å². The summed E-state index contributed by atoms with van der Waals surface area (Å²) in [5.41, 5.74) is 0. The van der Waals surface area contributed by atoms with Crippen molar-refractivity contribution in [2.45, 2.75) is 38.3 Å². The van der Waals surface area contributed by atoms with Gasteiger partial charge in [-0.15, -0.1) is 0 Å². The van der Waals surface area contributed by atoms with Gasteiger partial charge in [-0.25, -0.2) is 0 Å². The van der Waals surface area contributed by atoms with Crippen LogP contribution in [0.2, 0.25) is 0 Å². The Morgan fingerprint density at radius 1 is 1.27 bits per heavy atom. The van der Waals surface area contributed by atoms with Gasteiger partial charge in [0.2, 0.25) is 0 Å². The van der Waals surface area contributed by atoms with E-state index >= 15 is 0 Å². The summed E-state index contributed by atoms with van der Waals surface area (Å²) in [4.78, 5) is 0. The van der Waals surface area contributed by atoms with Crippen LogP contribution in [-0.2, 0) is 18.9 Å². The van der Waals surface area contributed by atoms with E-state index in [4.69, 9.17) is 18.9 Å². The summed E-state index contributed by atoms with van der Waals surface area (Å²) in [5, 5.41) is 9.76. The van der Waals surface area contributed by atoms with Gasteiger partial charge in [0.15, 0.2) is 18.4 Å². The number of aliphatic hydroxyl groups excluding tert-OH is 1. The number of epoxide rings is 1. The van der Waals surface area contributed by atoms with Crippen molar-refractivity contribution in [1.82, 2.24) is 0 Å². The standard InChI is InChI=1S/C10H16O5/c1-10(2)13-3-5-7(6-4-12-6)8(11)14-9(5)15-10/h5-9,11H,3-4H2,1-2H3/t5?,6-,7+,8?,9?/m1/s1. The van der Waals surface area contributed by atoms with Crippen LogP contribution >= 0.6 is 0 Å². The molecule has 1 N–H and O–H groups in total. The zero-order chi connectivity index (χ0) is 10.6. The Balaban J connectivity index is 1.75. The topological polar surface area (TPSA) is 60.5 Å². The van der Waals surface area contributed by atoms with Crippen LogP contribution in [0.15, 0.2) is 0 Å². The second-order valence-corrected chi connectivity index (χ2v) is 4.84. The molecule has 0 radical (unpaired) electrons. The van der Waals surface area contributed by atoms with Crippen molar-refractivity contribution in [3.63, 3.8) is 0 Å². The van der Waals surface area contributed by atoms with E-state index in [1.165, 1.54) is 0 Å². The molecule has 3 saturated heterocycles. The van der Waals surface area contributed by atoms with Crippen molar-refractivity contribution in [1.29, 1.82) is 0 Å². The van der Waals surface area contributed by atoms with E-state index in [-0.39, 0.29) is 24.2 Å². The molecule has 5 heteroatoms. The van der Waals surface area contributed by atoms with E-state index in [0.717, 1.165) is 0 Å². The number of hydrogen-bond donors (Lipinski definition) is 1. The molecule has 0 aliphatic carbocycles. The SMILES string of the molecule is CC1(C)OCC2C(OC(O)[C@@H]2[C@H]2CO2)O1. The highest BCUT2D eigenvalue weighted by Crippen LogP contribution is 2.43. The Bertz CT molecular complexity index is 263. The van der Waals surface area contributed by atoms with Gasteiger partial charge in [0.25, 0.3) is 0 Å². The lowest BCUT2D eigenvalue weighted by molar-refractivity contribution is -0.343. The summed E-state index contributed by atoms with van der Waals surface area (Å²) in [6, 6.07) is 0. The molecule has 3 unspecified atom stereocenters. The Morgan fingerprint density at radius 3 is 2.67 bits per heavy atom. The molecule has 86 valence electrons. The minimum absolute atomic E-state index is 0.00824. The normalized spacial score (nSPS) is 52.6. The number of hydrogen-bond acceptors (Lipinski definition) is 5. The number of ether oxygens (including phenoxy) is 4. The van der Waals surface area contributed by atoms with E-state index in [9.17, 15) is 5.11 Å². The smallest absolute Gasteiger partial charge is 0.169 e. The van der Waals surface area contributed by atoms with E-state index in [2.05, 4.69) is 0 Å².